The summed E-state index contributed by atoms with van der Waals surface area (Å²) in [6.07, 6.45) is -0.660. The number of non-ortho nitro benzene ring substituents is 1. The van der Waals surface area contributed by atoms with E-state index in [1.165, 1.54) is 19.2 Å². The van der Waals surface area contributed by atoms with Crippen molar-refractivity contribution in [2.24, 2.45) is 0 Å². The first-order valence-corrected chi connectivity index (χ1v) is 5.45. The lowest BCUT2D eigenvalue weighted by Gasteiger charge is -2.12. The molecule has 0 saturated carbocycles. The van der Waals surface area contributed by atoms with E-state index in [0.29, 0.717) is 11.4 Å². The molecule has 1 atom stereocenters. The number of nitrogens with one attached hydrogen (secondary N) is 2. The molecule has 0 spiro atoms. The quantitative estimate of drug-likeness (QED) is 0.498. The van der Waals surface area contributed by atoms with Crippen molar-refractivity contribution in [2.45, 2.75) is 6.10 Å². The Bertz CT molecular complexity index is 411. The Balaban J connectivity index is 2.75. The molecule has 18 heavy (non-hydrogen) atoms. The summed E-state index contributed by atoms with van der Waals surface area (Å²) in [7, 11) is 3.18. The summed E-state index contributed by atoms with van der Waals surface area (Å²) in [5.41, 5.74) is 1.20. The zero-order valence-electron chi connectivity index (χ0n) is 10.3. The van der Waals surface area contributed by atoms with Crippen LogP contribution in [0.25, 0.3) is 0 Å². The van der Waals surface area contributed by atoms with Crippen LogP contribution in [0.5, 0.6) is 0 Å². The van der Waals surface area contributed by atoms with Gasteiger partial charge in [-0.2, -0.15) is 0 Å². The van der Waals surface area contributed by atoms with Gasteiger partial charge in [0.2, 0.25) is 0 Å². The van der Waals surface area contributed by atoms with Crippen LogP contribution in [0, 0.1) is 10.1 Å². The molecular formula is C11H17N3O4. The van der Waals surface area contributed by atoms with Crippen LogP contribution in [-0.2, 0) is 4.74 Å². The van der Waals surface area contributed by atoms with Crippen molar-refractivity contribution in [3.8, 4) is 0 Å². The van der Waals surface area contributed by atoms with Gasteiger partial charge in [0.1, 0.15) is 0 Å². The minimum absolute atomic E-state index is 0.00872. The zero-order chi connectivity index (χ0) is 13.5. The maximum atomic E-state index is 10.7. The van der Waals surface area contributed by atoms with Crippen LogP contribution in [0.2, 0.25) is 0 Å². The fourth-order valence-electron chi connectivity index (χ4n) is 1.45. The normalized spacial score (nSPS) is 11.9. The summed E-state index contributed by atoms with van der Waals surface area (Å²) in [6.45, 7) is 0.471. The lowest BCUT2D eigenvalue weighted by Crippen LogP contribution is -2.24. The average Bonchev–Trinajstić information content (AvgIpc) is 2.36. The van der Waals surface area contributed by atoms with Gasteiger partial charge in [-0.25, -0.2) is 0 Å². The fraction of sp³-hybridized carbons (Fsp3) is 0.455. The number of hydrogen-bond donors (Lipinski definition) is 3. The van der Waals surface area contributed by atoms with E-state index < -0.39 is 11.0 Å². The van der Waals surface area contributed by atoms with Crippen LogP contribution < -0.4 is 10.6 Å². The molecule has 0 radical (unpaired) electrons. The van der Waals surface area contributed by atoms with E-state index in [9.17, 15) is 15.2 Å². The predicted octanol–water partition coefficient (Wildman–Crippen LogP) is 1.06. The second-order valence-corrected chi connectivity index (χ2v) is 3.77. The van der Waals surface area contributed by atoms with Gasteiger partial charge in [0.05, 0.1) is 17.6 Å². The van der Waals surface area contributed by atoms with Crippen molar-refractivity contribution >= 4 is 17.1 Å². The van der Waals surface area contributed by atoms with Crippen molar-refractivity contribution in [1.29, 1.82) is 0 Å². The Morgan fingerprint density at radius 3 is 2.67 bits per heavy atom. The number of hydrogen-bond acceptors (Lipinski definition) is 6. The number of rotatable bonds is 7. The average molecular weight is 255 g/mol. The van der Waals surface area contributed by atoms with Crippen LogP contribution in [0.4, 0.5) is 17.1 Å². The lowest BCUT2D eigenvalue weighted by molar-refractivity contribution is -0.384. The molecule has 7 heteroatoms. The van der Waals surface area contributed by atoms with Crippen LogP contribution in [0.3, 0.4) is 0 Å². The zero-order valence-corrected chi connectivity index (χ0v) is 10.3. The molecule has 1 rings (SSSR count). The van der Waals surface area contributed by atoms with Crippen molar-refractivity contribution in [3.05, 3.63) is 28.3 Å². The van der Waals surface area contributed by atoms with Crippen molar-refractivity contribution < 1.29 is 14.8 Å². The van der Waals surface area contributed by atoms with E-state index >= 15 is 0 Å². The highest BCUT2D eigenvalue weighted by Gasteiger charge is 2.10. The molecule has 3 N–H and O–H groups in total. The first kappa shape index (κ1) is 14.2. The number of nitrogens with zero attached hydrogens (tertiary/aromatic N) is 1. The monoisotopic (exact) mass is 255 g/mol. The molecule has 0 aliphatic carbocycles. The molecule has 0 saturated heterocycles. The third-order valence-electron chi connectivity index (χ3n) is 2.32. The van der Waals surface area contributed by atoms with Crippen LogP contribution in [0.15, 0.2) is 18.2 Å². The molecule has 0 aromatic heterocycles. The van der Waals surface area contributed by atoms with Crippen molar-refractivity contribution in [3.63, 3.8) is 0 Å². The van der Waals surface area contributed by atoms with Crippen LogP contribution in [-0.4, -0.2) is 43.4 Å². The van der Waals surface area contributed by atoms with E-state index in [2.05, 4.69) is 10.6 Å². The third kappa shape index (κ3) is 4.19. The van der Waals surface area contributed by atoms with Gasteiger partial charge in [-0.15, -0.1) is 0 Å². The Kier molecular flexibility index (Phi) is 5.34. The SMILES string of the molecule is CNc1cc(NCC(O)COC)cc([N+](=O)[O-])c1. The highest BCUT2D eigenvalue weighted by Crippen LogP contribution is 2.23. The summed E-state index contributed by atoms with van der Waals surface area (Å²) < 4.78 is 4.79. The first-order valence-electron chi connectivity index (χ1n) is 5.45. The minimum atomic E-state index is -0.660. The topological polar surface area (TPSA) is 96.7 Å². The summed E-state index contributed by atoms with van der Waals surface area (Å²) in [5, 5.41) is 26.0. The second kappa shape index (κ2) is 6.77. The number of methoxy groups -OCH3 is 1. The molecule has 1 unspecified atom stereocenters. The van der Waals surface area contributed by atoms with E-state index in [-0.39, 0.29) is 18.8 Å². The molecule has 7 nitrogen and oxygen atoms in total. The predicted molar refractivity (Wildman–Crippen MR) is 69.0 cm³/mol. The molecule has 1 aromatic carbocycles. The van der Waals surface area contributed by atoms with E-state index in [1.54, 1.807) is 13.1 Å². The molecule has 0 aliphatic heterocycles. The molecule has 0 amide bonds. The number of aliphatic hydroxyl groups is 1. The van der Waals surface area contributed by atoms with E-state index in [4.69, 9.17) is 4.74 Å². The van der Waals surface area contributed by atoms with Gasteiger partial charge in [-0.1, -0.05) is 0 Å². The fourth-order valence-corrected chi connectivity index (χ4v) is 1.45. The molecule has 1 aromatic rings. The van der Waals surface area contributed by atoms with Crippen molar-refractivity contribution in [1.82, 2.24) is 0 Å². The highest BCUT2D eigenvalue weighted by molar-refractivity contribution is 5.63. The molecule has 0 fully saturated rings. The van der Waals surface area contributed by atoms with Crippen LogP contribution >= 0.6 is 0 Å². The van der Waals surface area contributed by atoms with E-state index in [1.807, 2.05) is 0 Å². The summed E-state index contributed by atoms with van der Waals surface area (Å²) in [6, 6.07) is 4.59. The molecule has 0 aliphatic rings. The van der Waals surface area contributed by atoms with E-state index in [0.717, 1.165) is 0 Å². The molecule has 0 bridgehead atoms. The number of aliphatic hydroxyl groups excluding tert-OH is 1. The van der Waals surface area contributed by atoms with Gasteiger partial charge in [0, 0.05) is 44.2 Å². The Morgan fingerprint density at radius 2 is 2.11 bits per heavy atom. The highest BCUT2D eigenvalue weighted by atomic mass is 16.6. The Morgan fingerprint density at radius 1 is 1.44 bits per heavy atom. The van der Waals surface area contributed by atoms with Gasteiger partial charge in [-0.05, 0) is 6.07 Å². The smallest absolute Gasteiger partial charge is 0.273 e. The van der Waals surface area contributed by atoms with Gasteiger partial charge >= 0.3 is 0 Å². The van der Waals surface area contributed by atoms with Crippen LogP contribution in [0.1, 0.15) is 0 Å². The maximum Gasteiger partial charge on any atom is 0.273 e. The largest absolute Gasteiger partial charge is 0.389 e. The van der Waals surface area contributed by atoms with Gasteiger partial charge in [-0.3, -0.25) is 10.1 Å². The molecule has 100 valence electrons. The number of benzene rings is 1. The number of anilines is 2. The Labute approximate surface area is 105 Å². The minimum Gasteiger partial charge on any atom is -0.389 e. The van der Waals surface area contributed by atoms with Crippen molar-refractivity contribution in [2.75, 3.05) is 37.9 Å². The number of nitro groups is 1. The van der Waals surface area contributed by atoms with Gasteiger partial charge in [0.25, 0.3) is 5.69 Å². The summed E-state index contributed by atoms with van der Waals surface area (Å²) in [5.74, 6) is 0. The molecule has 0 heterocycles. The standard InChI is InChI=1S/C11H17N3O4/c1-12-8-3-9(5-10(4-8)14(16)17)13-6-11(15)7-18-2/h3-5,11-13,15H,6-7H2,1-2H3. The Hall–Kier alpha value is -1.86. The second-order valence-electron chi connectivity index (χ2n) is 3.77. The third-order valence-corrected chi connectivity index (χ3v) is 2.32. The number of ether oxygens (including phenoxy) is 1. The first-order chi connectivity index (χ1) is 8.56. The van der Waals surface area contributed by atoms with Gasteiger partial charge < -0.3 is 20.5 Å². The number of nitro benzene ring substituents is 1. The molecular weight excluding hydrogens is 238 g/mol. The maximum absolute atomic E-state index is 10.7. The summed E-state index contributed by atoms with van der Waals surface area (Å²) in [4.78, 5) is 10.3. The lowest BCUT2D eigenvalue weighted by atomic mass is 10.2. The van der Waals surface area contributed by atoms with Gasteiger partial charge in [0.15, 0.2) is 0 Å². The summed E-state index contributed by atoms with van der Waals surface area (Å²) >= 11 is 0.